The van der Waals surface area contributed by atoms with Crippen LogP contribution in [0.15, 0.2) is 53.7 Å². The van der Waals surface area contributed by atoms with Gasteiger partial charge < -0.3 is 14.1 Å². The third-order valence-corrected chi connectivity index (χ3v) is 4.32. The van der Waals surface area contributed by atoms with Crippen LogP contribution in [-0.4, -0.2) is 41.1 Å². The first-order valence-corrected chi connectivity index (χ1v) is 8.18. The minimum absolute atomic E-state index is 0.00354. The van der Waals surface area contributed by atoms with Crippen LogP contribution in [0.3, 0.4) is 0 Å². The molecule has 2 aromatic heterocycles. The summed E-state index contributed by atoms with van der Waals surface area (Å²) in [7, 11) is 0. The molecule has 0 bridgehead atoms. The molecule has 0 unspecified atom stereocenters. The second-order valence-corrected chi connectivity index (χ2v) is 5.98. The van der Waals surface area contributed by atoms with Gasteiger partial charge in [-0.25, -0.2) is 0 Å². The summed E-state index contributed by atoms with van der Waals surface area (Å²) in [6.07, 6.45) is 6.82. The molecule has 24 heavy (non-hydrogen) atoms. The van der Waals surface area contributed by atoms with E-state index in [2.05, 4.69) is 11.6 Å². The molecule has 0 N–H and O–H groups in total. The summed E-state index contributed by atoms with van der Waals surface area (Å²) >= 11 is 0. The fourth-order valence-electron chi connectivity index (χ4n) is 3.16. The van der Waals surface area contributed by atoms with Gasteiger partial charge in [0.2, 0.25) is 0 Å². The number of aryl methyl sites for hydroxylation is 1. The van der Waals surface area contributed by atoms with Crippen molar-refractivity contribution in [3.63, 3.8) is 0 Å². The van der Waals surface area contributed by atoms with Crippen molar-refractivity contribution in [3.8, 4) is 0 Å². The Hall–Kier alpha value is -2.40. The summed E-state index contributed by atoms with van der Waals surface area (Å²) in [4.78, 5) is 18.7. The van der Waals surface area contributed by atoms with Crippen LogP contribution in [0.25, 0.3) is 0 Å². The molecule has 5 heteroatoms. The van der Waals surface area contributed by atoms with E-state index < -0.39 is 0 Å². The first kappa shape index (κ1) is 16.5. The molecule has 2 atom stereocenters. The summed E-state index contributed by atoms with van der Waals surface area (Å²) in [5.74, 6) is 1.05. The Morgan fingerprint density at radius 1 is 1.42 bits per heavy atom. The van der Waals surface area contributed by atoms with E-state index >= 15 is 0 Å². The highest BCUT2D eigenvalue weighted by atomic mass is 16.5. The lowest BCUT2D eigenvalue weighted by atomic mass is 10.0. The molecular weight excluding hydrogens is 304 g/mol. The van der Waals surface area contributed by atoms with Gasteiger partial charge in [0.05, 0.1) is 18.8 Å². The number of pyridine rings is 1. The Bertz CT molecular complexity index is 696. The fraction of sp³-hybridized carbons (Fsp3) is 0.368. The first-order chi connectivity index (χ1) is 11.7. The molecular formula is C19H22N2O3. The molecule has 2 aromatic rings. The molecule has 1 amide bonds. The van der Waals surface area contributed by atoms with Crippen LogP contribution >= 0.6 is 0 Å². The Kier molecular flexibility index (Phi) is 5.11. The lowest BCUT2D eigenvalue weighted by molar-refractivity contribution is 0.0365. The minimum atomic E-state index is -0.0770. The molecule has 0 aliphatic carbocycles. The van der Waals surface area contributed by atoms with Gasteiger partial charge in [-0.05, 0) is 49.6 Å². The normalized spacial score (nSPS) is 20.3. The van der Waals surface area contributed by atoms with Crippen LogP contribution in [-0.2, 0) is 11.2 Å². The van der Waals surface area contributed by atoms with Crippen molar-refractivity contribution in [1.82, 2.24) is 9.88 Å². The predicted molar refractivity (Wildman–Crippen MR) is 90.8 cm³/mol. The van der Waals surface area contributed by atoms with Gasteiger partial charge in [-0.3, -0.25) is 9.78 Å². The van der Waals surface area contributed by atoms with Gasteiger partial charge in [0.1, 0.15) is 5.76 Å². The molecule has 1 saturated heterocycles. The van der Waals surface area contributed by atoms with Crippen LogP contribution < -0.4 is 0 Å². The number of amides is 1. The predicted octanol–water partition coefficient (Wildman–Crippen LogP) is 3.01. The molecule has 1 aliphatic rings. The highest BCUT2D eigenvalue weighted by molar-refractivity contribution is 5.92. The van der Waals surface area contributed by atoms with Crippen molar-refractivity contribution < 1.29 is 13.9 Å². The molecule has 5 nitrogen and oxygen atoms in total. The number of hydrogen-bond donors (Lipinski definition) is 0. The molecule has 0 saturated carbocycles. The molecule has 1 fully saturated rings. The molecule has 126 valence electrons. The number of carbonyl (C=O) groups excluding carboxylic acids is 1. The van der Waals surface area contributed by atoms with E-state index in [4.69, 9.17) is 9.15 Å². The highest BCUT2D eigenvalue weighted by Gasteiger charge is 2.38. The van der Waals surface area contributed by atoms with Gasteiger partial charge in [-0.1, -0.05) is 6.08 Å². The van der Waals surface area contributed by atoms with Crippen LogP contribution in [0.5, 0.6) is 0 Å². The summed E-state index contributed by atoms with van der Waals surface area (Å²) < 4.78 is 11.4. The van der Waals surface area contributed by atoms with Crippen LogP contribution in [0.2, 0.25) is 0 Å². The van der Waals surface area contributed by atoms with Gasteiger partial charge in [0, 0.05) is 18.9 Å². The Morgan fingerprint density at radius 3 is 2.88 bits per heavy atom. The standard InChI is InChI=1S/C19H22N2O3/c1-3-12-23-17-8-11-21(19(22)18-5-4-14(2)24-18)16(17)13-15-6-9-20-10-7-15/h3-7,9-10,16-17H,1,8,11-13H2,2H3/t16-,17-/m1/s1. The zero-order chi connectivity index (χ0) is 16.9. The number of aromatic nitrogens is 1. The van der Waals surface area contributed by atoms with Crippen molar-refractivity contribution in [3.05, 3.63) is 66.4 Å². The van der Waals surface area contributed by atoms with E-state index in [1.807, 2.05) is 30.0 Å². The quantitative estimate of drug-likeness (QED) is 0.766. The number of carbonyl (C=O) groups is 1. The van der Waals surface area contributed by atoms with Crippen LogP contribution in [0, 0.1) is 6.92 Å². The number of ether oxygens (including phenoxy) is 1. The monoisotopic (exact) mass is 326 g/mol. The van der Waals surface area contributed by atoms with Crippen molar-refractivity contribution in [2.75, 3.05) is 13.2 Å². The third kappa shape index (κ3) is 3.57. The van der Waals surface area contributed by atoms with E-state index in [-0.39, 0.29) is 18.1 Å². The zero-order valence-corrected chi connectivity index (χ0v) is 13.9. The first-order valence-electron chi connectivity index (χ1n) is 8.18. The summed E-state index contributed by atoms with van der Waals surface area (Å²) in [5, 5.41) is 0. The molecule has 0 aromatic carbocycles. The lowest BCUT2D eigenvalue weighted by Gasteiger charge is -2.27. The number of furan rings is 1. The van der Waals surface area contributed by atoms with Crippen molar-refractivity contribution in [1.29, 1.82) is 0 Å². The van der Waals surface area contributed by atoms with E-state index in [0.717, 1.165) is 24.2 Å². The van der Waals surface area contributed by atoms with Gasteiger partial charge in [0.15, 0.2) is 5.76 Å². The number of nitrogens with zero attached hydrogens (tertiary/aromatic N) is 2. The topological polar surface area (TPSA) is 55.6 Å². The zero-order valence-electron chi connectivity index (χ0n) is 13.9. The van der Waals surface area contributed by atoms with Gasteiger partial charge in [-0.15, -0.1) is 6.58 Å². The average Bonchev–Trinajstić information content (AvgIpc) is 3.20. The molecule has 0 spiro atoms. The Balaban J connectivity index is 1.80. The largest absolute Gasteiger partial charge is 0.456 e. The fourth-order valence-corrected chi connectivity index (χ4v) is 3.16. The smallest absolute Gasteiger partial charge is 0.289 e. The van der Waals surface area contributed by atoms with Crippen molar-refractivity contribution in [2.24, 2.45) is 0 Å². The van der Waals surface area contributed by atoms with E-state index in [1.54, 1.807) is 24.5 Å². The summed E-state index contributed by atoms with van der Waals surface area (Å²) in [6, 6.07) is 7.47. The van der Waals surface area contributed by atoms with Crippen molar-refractivity contribution in [2.45, 2.75) is 31.9 Å². The van der Waals surface area contributed by atoms with E-state index in [1.165, 1.54) is 0 Å². The molecule has 3 heterocycles. The molecule has 1 aliphatic heterocycles. The Labute approximate surface area is 141 Å². The number of hydrogen-bond acceptors (Lipinski definition) is 4. The number of likely N-dealkylation sites (tertiary alicyclic amines) is 1. The van der Waals surface area contributed by atoms with E-state index in [9.17, 15) is 4.79 Å². The number of rotatable bonds is 6. The van der Waals surface area contributed by atoms with Gasteiger partial charge in [0.25, 0.3) is 5.91 Å². The lowest BCUT2D eigenvalue weighted by Crippen LogP contribution is -2.41. The second kappa shape index (κ2) is 7.45. The van der Waals surface area contributed by atoms with Crippen molar-refractivity contribution >= 4 is 5.91 Å². The maximum absolute atomic E-state index is 12.8. The molecule has 0 radical (unpaired) electrons. The van der Waals surface area contributed by atoms with E-state index in [0.29, 0.717) is 18.9 Å². The maximum Gasteiger partial charge on any atom is 0.289 e. The van der Waals surface area contributed by atoms with Gasteiger partial charge in [-0.2, -0.15) is 0 Å². The van der Waals surface area contributed by atoms with Crippen LogP contribution in [0.4, 0.5) is 0 Å². The maximum atomic E-state index is 12.8. The third-order valence-electron chi connectivity index (χ3n) is 4.32. The van der Waals surface area contributed by atoms with Crippen LogP contribution in [0.1, 0.15) is 28.3 Å². The SMILES string of the molecule is C=CCO[C@@H]1CCN(C(=O)c2ccc(C)o2)[C@@H]1Cc1ccncc1. The Morgan fingerprint density at radius 2 is 2.21 bits per heavy atom. The summed E-state index contributed by atoms with van der Waals surface area (Å²) in [5.41, 5.74) is 1.14. The molecule has 3 rings (SSSR count). The highest BCUT2D eigenvalue weighted by Crippen LogP contribution is 2.26. The van der Waals surface area contributed by atoms with Gasteiger partial charge >= 0.3 is 0 Å². The summed E-state index contributed by atoms with van der Waals surface area (Å²) in [6.45, 7) is 6.69. The average molecular weight is 326 g/mol. The minimum Gasteiger partial charge on any atom is -0.456 e. The second-order valence-electron chi connectivity index (χ2n) is 5.98.